The maximum atomic E-state index is 6.01. The van der Waals surface area contributed by atoms with Crippen molar-refractivity contribution in [1.82, 2.24) is 20.4 Å². The van der Waals surface area contributed by atoms with Crippen LogP contribution in [-0.2, 0) is 6.54 Å². The lowest BCUT2D eigenvalue weighted by Gasteiger charge is -2.17. The van der Waals surface area contributed by atoms with Crippen LogP contribution >= 0.6 is 27.5 Å². The standard InChI is InChI=1S/C12H15BrClN5/c1-2-5-19-11(7-16-18-19)12(17-15)8-3-4-10(14)9(13)6-8/h3-4,6-7,12,17H,2,5,15H2,1H3. The van der Waals surface area contributed by atoms with E-state index in [1.165, 1.54) is 0 Å². The first kappa shape index (κ1) is 14.5. The first-order valence-electron chi connectivity index (χ1n) is 5.96. The van der Waals surface area contributed by atoms with E-state index in [1.807, 2.05) is 22.9 Å². The minimum atomic E-state index is -0.171. The van der Waals surface area contributed by atoms with Gasteiger partial charge in [-0.05, 0) is 40.0 Å². The molecule has 102 valence electrons. The largest absolute Gasteiger partial charge is 0.271 e. The van der Waals surface area contributed by atoms with E-state index < -0.39 is 0 Å². The minimum Gasteiger partial charge on any atom is -0.271 e. The molecule has 1 aromatic carbocycles. The van der Waals surface area contributed by atoms with Crippen LogP contribution in [0.15, 0.2) is 28.9 Å². The zero-order valence-electron chi connectivity index (χ0n) is 10.5. The summed E-state index contributed by atoms with van der Waals surface area (Å²) < 4.78 is 2.69. The van der Waals surface area contributed by atoms with Crippen molar-refractivity contribution in [3.8, 4) is 0 Å². The quantitative estimate of drug-likeness (QED) is 0.646. The van der Waals surface area contributed by atoms with Gasteiger partial charge in [-0.2, -0.15) is 0 Å². The molecule has 1 heterocycles. The van der Waals surface area contributed by atoms with Crippen LogP contribution in [0.4, 0.5) is 0 Å². The molecule has 3 N–H and O–H groups in total. The fraction of sp³-hybridized carbons (Fsp3) is 0.333. The van der Waals surface area contributed by atoms with Gasteiger partial charge in [0.05, 0.1) is 23.0 Å². The van der Waals surface area contributed by atoms with Crippen molar-refractivity contribution in [3.63, 3.8) is 0 Å². The van der Waals surface area contributed by atoms with Gasteiger partial charge in [0.1, 0.15) is 0 Å². The summed E-state index contributed by atoms with van der Waals surface area (Å²) in [6.07, 6.45) is 2.71. The number of aromatic nitrogens is 3. The Bertz CT molecular complexity index is 557. The number of hydrogen-bond acceptors (Lipinski definition) is 4. The van der Waals surface area contributed by atoms with Gasteiger partial charge in [-0.15, -0.1) is 5.10 Å². The van der Waals surface area contributed by atoms with Crippen molar-refractivity contribution >= 4 is 27.5 Å². The number of hydrogen-bond donors (Lipinski definition) is 2. The molecule has 0 fully saturated rings. The fourth-order valence-corrected chi connectivity index (χ4v) is 2.43. The third-order valence-electron chi connectivity index (χ3n) is 2.82. The molecule has 7 heteroatoms. The monoisotopic (exact) mass is 343 g/mol. The number of benzene rings is 1. The lowest BCUT2D eigenvalue weighted by Crippen LogP contribution is -2.30. The summed E-state index contributed by atoms with van der Waals surface area (Å²) in [4.78, 5) is 0. The average molecular weight is 345 g/mol. The fourth-order valence-electron chi connectivity index (χ4n) is 1.92. The third-order valence-corrected chi connectivity index (χ3v) is 4.04. The van der Waals surface area contributed by atoms with E-state index >= 15 is 0 Å². The Morgan fingerprint density at radius 1 is 1.53 bits per heavy atom. The van der Waals surface area contributed by atoms with Crippen LogP contribution in [0.25, 0.3) is 0 Å². The summed E-state index contributed by atoms with van der Waals surface area (Å²) >= 11 is 9.42. The summed E-state index contributed by atoms with van der Waals surface area (Å²) in [6, 6.07) is 5.53. The molecule has 2 rings (SSSR count). The topological polar surface area (TPSA) is 68.8 Å². The van der Waals surface area contributed by atoms with Crippen LogP contribution in [0.2, 0.25) is 5.02 Å². The van der Waals surface area contributed by atoms with Gasteiger partial charge in [-0.1, -0.05) is 29.8 Å². The van der Waals surface area contributed by atoms with Crippen molar-refractivity contribution in [2.24, 2.45) is 5.84 Å². The highest BCUT2D eigenvalue weighted by molar-refractivity contribution is 9.10. The van der Waals surface area contributed by atoms with E-state index in [9.17, 15) is 0 Å². The van der Waals surface area contributed by atoms with Gasteiger partial charge in [0.2, 0.25) is 0 Å². The minimum absolute atomic E-state index is 0.171. The zero-order valence-corrected chi connectivity index (χ0v) is 12.8. The Morgan fingerprint density at radius 3 is 2.95 bits per heavy atom. The van der Waals surface area contributed by atoms with Crippen LogP contribution < -0.4 is 11.3 Å². The summed E-state index contributed by atoms with van der Waals surface area (Å²) in [5, 5.41) is 8.69. The average Bonchev–Trinajstić information content (AvgIpc) is 2.83. The van der Waals surface area contributed by atoms with Gasteiger partial charge in [0, 0.05) is 11.0 Å². The van der Waals surface area contributed by atoms with Gasteiger partial charge in [0.25, 0.3) is 0 Å². The first-order chi connectivity index (χ1) is 9.17. The Labute approximate surface area is 125 Å². The predicted octanol–water partition coefficient (Wildman–Crippen LogP) is 2.66. The Hall–Kier alpha value is -0.950. The lowest BCUT2D eigenvalue weighted by atomic mass is 10.0. The van der Waals surface area contributed by atoms with Gasteiger partial charge >= 0.3 is 0 Å². The number of halogens is 2. The summed E-state index contributed by atoms with van der Waals surface area (Å²) in [5.74, 6) is 5.68. The Balaban J connectivity index is 2.38. The molecule has 0 aliphatic rings. The van der Waals surface area contributed by atoms with Crippen molar-refractivity contribution in [2.75, 3.05) is 0 Å². The lowest BCUT2D eigenvalue weighted by molar-refractivity contribution is 0.512. The Kier molecular flexibility index (Phi) is 4.93. The molecule has 0 spiro atoms. The van der Waals surface area contributed by atoms with Gasteiger partial charge < -0.3 is 0 Å². The summed E-state index contributed by atoms with van der Waals surface area (Å²) in [6.45, 7) is 2.90. The number of hydrazine groups is 1. The van der Waals surface area contributed by atoms with Crippen LogP contribution in [0.3, 0.4) is 0 Å². The second-order valence-corrected chi connectivity index (χ2v) is 5.42. The molecule has 0 bridgehead atoms. The van der Waals surface area contributed by atoms with E-state index in [2.05, 4.69) is 38.6 Å². The molecule has 0 amide bonds. The molecular formula is C12H15BrClN5. The van der Waals surface area contributed by atoms with E-state index in [1.54, 1.807) is 6.20 Å². The maximum Gasteiger partial charge on any atom is 0.0895 e. The highest BCUT2D eigenvalue weighted by Gasteiger charge is 2.18. The zero-order chi connectivity index (χ0) is 13.8. The SMILES string of the molecule is CCCn1nncc1C(NN)c1ccc(Cl)c(Br)c1. The maximum absolute atomic E-state index is 6.01. The van der Waals surface area contributed by atoms with Crippen molar-refractivity contribution in [3.05, 3.63) is 45.1 Å². The van der Waals surface area contributed by atoms with E-state index in [-0.39, 0.29) is 6.04 Å². The molecular weight excluding hydrogens is 330 g/mol. The number of nitrogens with zero attached hydrogens (tertiary/aromatic N) is 3. The van der Waals surface area contributed by atoms with E-state index in [0.717, 1.165) is 28.7 Å². The smallest absolute Gasteiger partial charge is 0.0895 e. The number of aryl methyl sites for hydroxylation is 1. The highest BCUT2D eigenvalue weighted by atomic mass is 79.9. The molecule has 0 aliphatic heterocycles. The molecule has 1 aromatic heterocycles. The van der Waals surface area contributed by atoms with Crippen molar-refractivity contribution in [2.45, 2.75) is 25.9 Å². The molecule has 19 heavy (non-hydrogen) atoms. The van der Waals surface area contributed by atoms with E-state index in [4.69, 9.17) is 17.4 Å². The number of nitrogens with two attached hydrogens (primary N) is 1. The van der Waals surface area contributed by atoms with Crippen LogP contribution in [0.1, 0.15) is 30.6 Å². The molecule has 0 radical (unpaired) electrons. The normalized spacial score (nSPS) is 12.6. The van der Waals surface area contributed by atoms with Crippen molar-refractivity contribution in [1.29, 1.82) is 0 Å². The van der Waals surface area contributed by atoms with Crippen LogP contribution in [-0.4, -0.2) is 15.0 Å². The molecule has 1 atom stereocenters. The van der Waals surface area contributed by atoms with Crippen LogP contribution in [0, 0.1) is 0 Å². The predicted molar refractivity (Wildman–Crippen MR) is 78.6 cm³/mol. The number of rotatable bonds is 5. The van der Waals surface area contributed by atoms with Gasteiger partial charge in [-0.3, -0.25) is 5.84 Å². The summed E-state index contributed by atoms with van der Waals surface area (Å²) in [5.41, 5.74) is 4.73. The van der Waals surface area contributed by atoms with E-state index in [0.29, 0.717) is 5.02 Å². The first-order valence-corrected chi connectivity index (χ1v) is 7.14. The molecule has 0 aliphatic carbocycles. The van der Waals surface area contributed by atoms with Gasteiger partial charge in [0.15, 0.2) is 0 Å². The highest BCUT2D eigenvalue weighted by Crippen LogP contribution is 2.28. The second-order valence-electron chi connectivity index (χ2n) is 4.16. The van der Waals surface area contributed by atoms with Gasteiger partial charge in [-0.25, -0.2) is 10.1 Å². The molecule has 2 aromatic rings. The Morgan fingerprint density at radius 2 is 2.32 bits per heavy atom. The van der Waals surface area contributed by atoms with Crippen LogP contribution in [0.5, 0.6) is 0 Å². The number of nitrogens with one attached hydrogen (secondary N) is 1. The van der Waals surface area contributed by atoms with Crippen molar-refractivity contribution < 1.29 is 0 Å². The molecule has 5 nitrogen and oxygen atoms in total. The second kappa shape index (κ2) is 6.47. The third kappa shape index (κ3) is 3.14. The molecule has 0 saturated carbocycles. The summed E-state index contributed by atoms with van der Waals surface area (Å²) in [7, 11) is 0. The molecule has 0 saturated heterocycles. The molecule has 1 unspecified atom stereocenters.